The minimum absolute atomic E-state index is 0.00331. The van der Waals surface area contributed by atoms with Gasteiger partial charge in [-0.05, 0) is 52.8 Å². The molecule has 1 atom stereocenters. The quantitative estimate of drug-likeness (QED) is 0.103. The van der Waals surface area contributed by atoms with Crippen LogP contribution in [-0.2, 0) is 16.1 Å². The molecule has 4 rings (SSSR count). The van der Waals surface area contributed by atoms with Gasteiger partial charge in [0.05, 0.1) is 12.0 Å². The van der Waals surface area contributed by atoms with E-state index in [1.54, 1.807) is 12.1 Å². The Morgan fingerprint density at radius 1 is 0.732 bits per heavy atom. The normalized spacial score (nSPS) is 11.5. The summed E-state index contributed by atoms with van der Waals surface area (Å²) in [5.74, 6) is -1.21. The van der Waals surface area contributed by atoms with Gasteiger partial charge < -0.3 is 21.9 Å². The lowest BCUT2D eigenvalue weighted by Gasteiger charge is -2.21. The van der Waals surface area contributed by atoms with Crippen LogP contribution in [0.3, 0.4) is 0 Å². The number of hydrogen-bond donors (Lipinski definition) is 5. The number of aliphatic imine (C=N–C) groups is 1. The molecular formula is C33H35N5O3. The van der Waals surface area contributed by atoms with Crippen molar-refractivity contribution < 1.29 is 14.7 Å². The zero-order valence-corrected chi connectivity index (χ0v) is 22.7. The summed E-state index contributed by atoms with van der Waals surface area (Å²) in [6.45, 7) is 0.797. The number of benzene rings is 4. The number of rotatable bonds is 12. The average molecular weight is 550 g/mol. The first-order valence-electron chi connectivity index (χ1n) is 13.5. The van der Waals surface area contributed by atoms with E-state index in [1.165, 1.54) is 0 Å². The fourth-order valence-corrected chi connectivity index (χ4v) is 4.61. The Morgan fingerprint density at radius 2 is 1.27 bits per heavy atom. The SMILES string of the molecule is NC(N)=NCCC[C@H](NCc1ccc(-c2ccc(O)cc2)cc1)C(=O)NC(=O)C(c1ccccc1)c1ccccc1. The third-order valence-corrected chi connectivity index (χ3v) is 6.74. The molecule has 0 aliphatic carbocycles. The van der Waals surface area contributed by atoms with E-state index in [0.717, 1.165) is 27.8 Å². The van der Waals surface area contributed by atoms with Crippen LogP contribution in [0.1, 0.15) is 35.4 Å². The van der Waals surface area contributed by atoms with E-state index in [-0.39, 0.29) is 17.6 Å². The van der Waals surface area contributed by atoms with Crippen LogP contribution in [0.2, 0.25) is 0 Å². The number of guanidine groups is 1. The molecule has 210 valence electrons. The van der Waals surface area contributed by atoms with Gasteiger partial charge in [0.25, 0.3) is 0 Å². The van der Waals surface area contributed by atoms with E-state index in [0.29, 0.717) is 25.9 Å². The Bertz CT molecular complexity index is 1400. The Kier molecular flexibility index (Phi) is 10.2. The predicted molar refractivity (Wildman–Crippen MR) is 162 cm³/mol. The second-order valence-electron chi connectivity index (χ2n) is 9.73. The lowest BCUT2D eigenvalue weighted by atomic mass is 9.90. The van der Waals surface area contributed by atoms with E-state index in [1.807, 2.05) is 97.1 Å². The van der Waals surface area contributed by atoms with E-state index >= 15 is 0 Å². The van der Waals surface area contributed by atoms with Gasteiger partial charge in [-0.1, -0.05) is 97.1 Å². The van der Waals surface area contributed by atoms with Crippen molar-refractivity contribution in [3.8, 4) is 16.9 Å². The molecule has 0 radical (unpaired) electrons. The second-order valence-corrected chi connectivity index (χ2v) is 9.73. The lowest BCUT2D eigenvalue weighted by Crippen LogP contribution is -2.47. The highest BCUT2D eigenvalue weighted by atomic mass is 16.3. The molecule has 0 unspecified atom stereocenters. The Balaban J connectivity index is 1.46. The van der Waals surface area contributed by atoms with Gasteiger partial charge in [-0.2, -0.15) is 0 Å². The van der Waals surface area contributed by atoms with Crippen LogP contribution in [0, 0.1) is 0 Å². The van der Waals surface area contributed by atoms with Gasteiger partial charge in [-0.15, -0.1) is 0 Å². The molecule has 4 aromatic rings. The molecule has 0 fully saturated rings. The Morgan fingerprint density at radius 3 is 1.80 bits per heavy atom. The predicted octanol–water partition coefficient (Wildman–Crippen LogP) is 4.05. The number of aromatic hydroxyl groups is 1. The van der Waals surface area contributed by atoms with E-state index < -0.39 is 17.9 Å². The fraction of sp³-hybridized carbons (Fsp3) is 0.182. The van der Waals surface area contributed by atoms with Crippen molar-refractivity contribution in [2.45, 2.75) is 31.3 Å². The molecule has 2 amide bonds. The third kappa shape index (κ3) is 8.52. The van der Waals surface area contributed by atoms with Gasteiger partial charge >= 0.3 is 0 Å². The molecule has 41 heavy (non-hydrogen) atoms. The van der Waals surface area contributed by atoms with Crippen LogP contribution in [-0.4, -0.2) is 35.5 Å². The lowest BCUT2D eigenvalue weighted by molar-refractivity contribution is -0.132. The zero-order chi connectivity index (χ0) is 29.0. The van der Waals surface area contributed by atoms with Crippen LogP contribution in [0.25, 0.3) is 11.1 Å². The summed E-state index contributed by atoms with van der Waals surface area (Å²) < 4.78 is 0. The van der Waals surface area contributed by atoms with Gasteiger partial charge in [0.2, 0.25) is 11.8 Å². The molecule has 0 heterocycles. The largest absolute Gasteiger partial charge is 0.508 e. The van der Waals surface area contributed by atoms with Crippen LogP contribution in [0.5, 0.6) is 5.75 Å². The molecule has 7 N–H and O–H groups in total. The summed E-state index contributed by atoms with van der Waals surface area (Å²) in [4.78, 5) is 31.0. The van der Waals surface area contributed by atoms with Gasteiger partial charge in [0.1, 0.15) is 5.75 Å². The first-order chi connectivity index (χ1) is 19.9. The summed E-state index contributed by atoms with van der Waals surface area (Å²) in [6, 6.07) is 33.1. The molecule has 0 aliphatic heterocycles. The van der Waals surface area contributed by atoms with Crippen molar-refractivity contribution in [1.29, 1.82) is 0 Å². The molecule has 0 saturated carbocycles. The molecule has 8 nitrogen and oxygen atoms in total. The summed E-state index contributed by atoms with van der Waals surface area (Å²) in [7, 11) is 0. The number of hydrogen-bond acceptors (Lipinski definition) is 5. The number of imide groups is 1. The van der Waals surface area contributed by atoms with Crippen molar-refractivity contribution in [3.63, 3.8) is 0 Å². The highest BCUT2D eigenvalue weighted by Crippen LogP contribution is 2.25. The van der Waals surface area contributed by atoms with Crippen LogP contribution >= 0.6 is 0 Å². The van der Waals surface area contributed by atoms with Crippen LogP contribution in [0.4, 0.5) is 0 Å². The number of phenols is 1. The highest BCUT2D eigenvalue weighted by molar-refractivity contribution is 6.01. The summed E-state index contributed by atoms with van der Waals surface area (Å²) >= 11 is 0. The molecule has 0 bridgehead atoms. The molecule has 4 aromatic carbocycles. The van der Waals surface area contributed by atoms with Crippen molar-refractivity contribution >= 4 is 17.8 Å². The molecule has 8 heteroatoms. The Labute approximate surface area is 240 Å². The summed E-state index contributed by atoms with van der Waals surface area (Å²) in [5.41, 5.74) is 15.5. The van der Waals surface area contributed by atoms with Crippen LogP contribution < -0.4 is 22.1 Å². The van der Waals surface area contributed by atoms with Gasteiger partial charge in [-0.25, -0.2) is 0 Å². The number of phenolic OH excluding ortho intramolecular Hbond substituents is 1. The maximum Gasteiger partial charge on any atom is 0.243 e. The third-order valence-electron chi connectivity index (χ3n) is 6.74. The standard InChI is InChI=1S/C33H35N5O3/c34-33(35)36-21-7-12-29(37-22-23-13-15-24(16-14-23)25-17-19-28(39)20-18-25)31(40)38-32(41)30(26-8-3-1-4-9-26)27-10-5-2-6-11-27/h1-6,8-11,13-20,29-30,37,39H,7,12,21-22H2,(H4,34,35,36)(H,38,40,41)/t29-/m0/s1. The monoisotopic (exact) mass is 549 g/mol. The minimum atomic E-state index is -0.642. The first-order valence-corrected chi connectivity index (χ1v) is 13.5. The van der Waals surface area contributed by atoms with Crippen molar-refractivity contribution in [2.75, 3.05) is 6.54 Å². The summed E-state index contributed by atoms with van der Waals surface area (Å²) in [6.07, 6.45) is 0.987. The molecule has 0 aliphatic rings. The van der Waals surface area contributed by atoms with Crippen molar-refractivity contribution in [1.82, 2.24) is 10.6 Å². The molecule has 0 aromatic heterocycles. The van der Waals surface area contributed by atoms with Crippen molar-refractivity contribution in [3.05, 3.63) is 126 Å². The highest BCUT2D eigenvalue weighted by Gasteiger charge is 2.27. The number of carbonyl (C=O) groups is 2. The zero-order valence-electron chi connectivity index (χ0n) is 22.7. The number of nitrogens with two attached hydrogens (primary N) is 2. The number of amides is 2. The Hall–Kier alpha value is -4.95. The van der Waals surface area contributed by atoms with E-state index in [9.17, 15) is 14.7 Å². The fourth-order valence-electron chi connectivity index (χ4n) is 4.61. The smallest absolute Gasteiger partial charge is 0.243 e. The topological polar surface area (TPSA) is 143 Å². The minimum Gasteiger partial charge on any atom is -0.508 e. The number of nitrogens with zero attached hydrogens (tertiary/aromatic N) is 1. The first kappa shape index (κ1) is 29.0. The van der Waals surface area contributed by atoms with E-state index in [2.05, 4.69) is 15.6 Å². The second kappa shape index (κ2) is 14.4. The van der Waals surface area contributed by atoms with Gasteiger partial charge in [-0.3, -0.25) is 19.9 Å². The van der Waals surface area contributed by atoms with Crippen molar-refractivity contribution in [2.24, 2.45) is 16.5 Å². The maximum absolute atomic E-state index is 13.5. The molecule has 0 saturated heterocycles. The average Bonchev–Trinajstić information content (AvgIpc) is 2.98. The van der Waals surface area contributed by atoms with Crippen LogP contribution in [0.15, 0.2) is 114 Å². The van der Waals surface area contributed by atoms with E-state index in [4.69, 9.17) is 11.5 Å². The number of nitrogens with one attached hydrogen (secondary N) is 2. The number of carbonyl (C=O) groups excluding carboxylic acids is 2. The van der Waals surface area contributed by atoms with Gasteiger partial charge in [0, 0.05) is 13.1 Å². The molecule has 0 spiro atoms. The van der Waals surface area contributed by atoms with Gasteiger partial charge in [0.15, 0.2) is 5.96 Å². The molecular weight excluding hydrogens is 514 g/mol. The maximum atomic E-state index is 13.5. The summed E-state index contributed by atoms with van der Waals surface area (Å²) in [5, 5.41) is 15.5.